The monoisotopic (exact) mass is 154 g/mol. The van der Waals surface area contributed by atoms with E-state index in [1.54, 1.807) is 0 Å². The van der Waals surface area contributed by atoms with E-state index < -0.39 is 0 Å². The molecule has 0 radical (unpaired) electrons. The first kappa shape index (κ1) is 10.7. The lowest BCUT2D eigenvalue weighted by Crippen LogP contribution is -3.00. The highest BCUT2D eigenvalue weighted by Crippen LogP contribution is 1.59. The van der Waals surface area contributed by atoms with Crippen molar-refractivity contribution in [1.82, 2.24) is 4.98 Å². The molecule has 48 valence electrons. The van der Waals surface area contributed by atoms with Gasteiger partial charge in [-0.3, -0.25) is 4.98 Å². The number of hydrogen-bond acceptors (Lipinski definition) is 0. The highest BCUT2D eigenvalue weighted by atomic mass is 35.5. The van der Waals surface area contributed by atoms with Crippen molar-refractivity contribution >= 4 is 12.4 Å². The highest BCUT2D eigenvalue weighted by molar-refractivity contribution is 5.85. The van der Waals surface area contributed by atoms with Gasteiger partial charge in [0, 0.05) is 0 Å². The lowest BCUT2D eigenvalue weighted by atomic mass is 10.9. The number of imidazole rings is 1. The van der Waals surface area contributed by atoms with Crippen molar-refractivity contribution in [1.29, 1.82) is 0 Å². The van der Waals surface area contributed by atoms with Crippen LogP contribution in [0.25, 0.3) is 0 Å². The van der Waals surface area contributed by atoms with E-state index in [4.69, 9.17) is 0 Å². The van der Waals surface area contributed by atoms with Crippen molar-refractivity contribution in [3.05, 3.63) is 18.7 Å². The third-order valence-corrected chi connectivity index (χ3v) is 0.684. The van der Waals surface area contributed by atoms with Crippen LogP contribution in [-0.2, 0) is 7.05 Å². The number of aromatic nitrogens is 2. The minimum absolute atomic E-state index is 0. The fraction of sp³-hybridized carbons (Fsp3) is 0.250. The van der Waals surface area contributed by atoms with E-state index in [9.17, 15) is 0 Å². The van der Waals surface area contributed by atoms with Gasteiger partial charge in [0.1, 0.15) is 12.4 Å². The molecule has 0 saturated carbocycles. The molecule has 0 spiro atoms. The summed E-state index contributed by atoms with van der Waals surface area (Å²) in [6, 6.07) is 0. The van der Waals surface area contributed by atoms with E-state index in [1.807, 2.05) is 30.3 Å². The third-order valence-electron chi connectivity index (χ3n) is 0.684. The summed E-state index contributed by atoms with van der Waals surface area (Å²) in [6.07, 6.45) is 5.69. The Labute approximate surface area is 60.7 Å². The second-order valence-corrected chi connectivity index (χ2v) is 1.28. The summed E-state index contributed by atoms with van der Waals surface area (Å²) < 4.78 is 1.94. The van der Waals surface area contributed by atoms with Gasteiger partial charge < -0.3 is 12.4 Å². The minimum Gasteiger partial charge on any atom is -1.00 e. The molecule has 0 aromatic carbocycles. The van der Waals surface area contributed by atoms with Crippen molar-refractivity contribution in [3.8, 4) is 0 Å². The van der Waals surface area contributed by atoms with Crippen LogP contribution >= 0.6 is 12.4 Å². The predicted octanol–water partition coefficient (Wildman–Crippen LogP) is -2.73. The largest absolute Gasteiger partial charge is 1.00 e. The van der Waals surface area contributed by atoms with Crippen LogP contribution in [0.2, 0.25) is 0 Å². The average Bonchev–Trinajstić information content (AvgIpc) is 1.86. The minimum atomic E-state index is 0. The number of nitrogens with one attached hydrogen (secondary N) is 1. The number of aryl methyl sites for hydroxylation is 1. The summed E-state index contributed by atoms with van der Waals surface area (Å²) in [7, 11) is 1.97. The quantitative estimate of drug-likeness (QED) is 0.392. The normalized spacial score (nSPS) is 6.62. The molecule has 0 fully saturated rings. The van der Waals surface area contributed by atoms with Crippen molar-refractivity contribution in [2.45, 2.75) is 0 Å². The second kappa shape index (κ2) is 4.94. The molecule has 1 rings (SSSR count). The molecule has 0 aliphatic rings. The molecule has 1 N–H and O–H groups in total. The van der Waals surface area contributed by atoms with Crippen LogP contribution in [0.15, 0.2) is 18.7 Å². The van der Waals surface area contributed by atoms with Gasteiger partial charge in [-0.05, 0) is 0 Å². The number of nitrogens with zero attached hydrogens (tertiary/aromatic N) is 1. The fourth-order valence-corrected chi connectivity index (χ4v) is 0.364. The average molecular weight is 155 g/mol. The van der Waals surface area contributed by atoms with Gasteiger partial charge >= 0.3 is 0 Å². The lowest BCUT2D eigenvalue weighted by Gasteiger charge is -1.66. The molecule has 0 amide bonds. The number of rotatable bonds is 0. The maximum atomic E-state index is 2.89. The molecule has 1 aromatic rings. The Morgan fingerprint density at radius 2 is 2.12 bits per heavy atom. The maximum absolute atomic E-state index is 2.89. The predicted molar refractivity (Wildman–Crippen MR) is 29.2 cm³/mol. The Bertz CT molecular complexity index is 116. The van der Waals surface area contributed by atoms with E-state index >= 15 is 0 Å². The molecular formula is C4H8Cl2N2. The second-order valence-electron chi connectivity index (χ2n) is 1.28. The molecule has 0 unspecified atom stereocenters. The first-order chi connectivity index (χ1) is 2.89. The van der Waals surface area contributed by atoms with E-state index in [0.29, 0.717) is 0 Å². The molecule has 1 heterocycles. The van der Waals surface area contributed by atoms with Crippen molar-refractivity contribution in [2.24, 2.45) is 7.05 Å². The Hall–Kier alpha value is -0.210. The summed E-state index contributed by atoms with van der Waals surface area (Å²) in [5.74, 6) is 0. The lowest BCUT2D eigenvalue weighted by molar-refractivity contribution is -0.670. The maximum Gasteiger partial charge on any atom is 0.241 e. The van der Waals surface area contributed by atoms with Crippen molar-refractivity contribution in [2.75, 3.05) is 0 Å². The van der Waals surface area contributed by atoms with E-state index in [0.717, 1.165) is 0 Å². The zero-order valence-corrected chi connectivity index (χ0v) is 6.04. The highest BCUT2D eigenvalue weighted by Gasteiger charge is 1.78. The van der Waals surface area contributed by atoms with Crippen LogP contribution in [0, 0.1) is 0 Å². The van der Waals surface area contributed by atoms with Crippen molar-refractivity contribution < 1.29 is 17.0 Å². The zero-order valence-electron chi connectivity index (χ0n) is 4.47. The van der Waals surface area contributed by atoms with Gasteiger partial charge in [0.15, 0.2) is 0 Å². The molecule has 0 saturated heterocycles. The molecule has 0 atom stereocenters. The molecular weight excluding hydrogens is 147 g/mol. The van der Waals surface area contributed by atoms with Crippen LogP contribution in [0.1, 0.15) is 0 Å². The van der Waals surface area contributed by atoms with Gasteiger partial charge in [0.05, 0.1) is 7.05 Å². The Morgan fingerprint density at radius 1 is 1.50 bits per heavy atom. The Balaban J connectivity index is 0. The fourth-order valence-electron chi connectivity index (χ4n) is 0.364. The number of H-pyrrole nitrogens is 1. The molecule has 0 aliphatic carbocycles. The van der Waals surface area contributed by atoms with E-state index in [1.165, 1.54) is 0 Å². The molecule has 0 aliphatic heterocycles. The number of halogens is 2. The first-order valence-electron chi connectivity index (χ1n) is 1.87. The number of aromatic amines is 1. The van der Waals surface area contributed by atoms with Crippen molar-refractivity contribution in [3.63, 3.8) is 0 Å². The van der Waals surface area contributed by atoms with Crippen LogP contribution in [0.5, 0.6) is 0 Å². The smallest absolute Gasteiger partial charge is 0.241 e. The molecule has 0 bridgehead atoms. The molecule has 2 nitrogen and oxygen atoms in total. The van der Waals surface area contributed by atoms with Gasteiger partial charge in [0.2, 0.25) is 6.33 Å². The summed E-state index contributed by atoms with van der Waals surface area (Å²) in [4.78, 5) is 2.89. The molecule has 4 heteroatoms. The Morgan fingerprint density at radius 3 is 2.25 bits per heavy atom. The third kappa shape index (κ3) is 2.88. The van der Waals surface area contributed by atoms with Crippen LogP contribution < -0.4 is 17.0 Å². The van der Waals surface area contributed by atoms with Gasteiger partial charge in [-0.1, -0.05) is 0 Å². The topological polar surface area (TPSA) is 19.7 Å². The van der Waals surface area contributed by atoms with E-state index in [2.05, 4.69) is 4.98 Å². The summed E-state index contributed by atoms with van der Waals surface area (Å²) in [6.45, 7) is 0. The molecule has 1 aromatic heterocycles. The van der Waals surface area contributed by atoms with Crippen LogP contribution in [0.4, 0.5) is 0 Å². The summed E-state index contributed by atoms with van der Waals surface area (Å²) >= 11 is 0. The van der Waals surface area contributed by atoms with E-state index in [-0.39, 0.29) is 24.8 Å². The van der Waals surface area contributed by atoms with Gasteiger partial charge in [0.25, 0.3) is 0 Å². The van der Waals surface area contributed by atoms with Crippen LogP contribution in [-0.4, -0.2) is 4.98 Å². The standard InChI is InChI=1S/C4H6N2.2ClH/c1-6-3-2-5-4-6;;/h2-4H,1H3;2*1H. The van der Waals surface area contributed by atoms with Gasteiger partial charge in [-0.25, -0.2) is 4.57 Å². The van der Waals surface area contributed by atoms with Gasteiger partial charge in [-0.2, -0.15) is 0 Å². The zero-order chi connectivity index (χ0) is 4.41. The SMILES string of the molecule is C[n+]1cc[nH]c1.Cl.[Cl-]. The number of hydrogen-bond donors (Lipinski definition) is 1. The van der Waals surface area contributed by atoms with Gasteiger partial charge in [-0.15, -0.1) is 12.4 Å². The van der Waals surface area contributed by atoms with Crippen LogP contribution in [0.3, 0.4) is 0 Å². The summed E-state index contributed by atoms with van der Waals surface area (Å²) in [5, 5.41) is 0. The first-order valence-corrected chi connectivity index (χ1v) is 1.87. The Kier molecular flexibility index (Phi) is 6.61. The summed E-state index contributed by atoms with van der Waals surface area (Å²) in [5.41, 5.74) is 0. The molecule has 8 heavy (non-hydrogen) atoms.